The molecule has 0 radical (unpaired) electrons. The molecule has 1 amide bonds. The Hall–Kier alpha value is -1.95. The number of carbonyl (C=O) groups excluding carboxylic acids is 1. The summed E-state index contributed by atoms with van der Waals surface area (Å²) in [6.07, 6.45) is 3.98. The van der Waals surface area contributed by atoms with Crippen molar-refractivity contribution in [2.45, 2.75) is 6.42 Å². The second-order valence-corrected chi connectivity index (χ2v) is 5.82. The lowest BCUT2D eigenvalue weighted by atomic mass is 10.2. The van der Waals surface area contributed by atoms with E-state index in [1.165, 1.54) is 6.21 Å². The molecule has 6 heteroatoms. The molecule has 1 aromatic heterocycles. The molecule has 1 heterocycles. The van der Waals surface area contributed by atoms with Gasteiger partial charge in [-0.15, -0.1) is 0 Å². The predicted octanol–water partition coefficient (Wildman–Crippen LogP) is 0.145. The topological polar surface area (TPSA) is 65.6 Å². The molecule has 0 spiro atoms. The second kappa shape index (κ2) is 7.00. The van der Waals surface area contributed by atoms with Crippen LogP contribution in [0, 0.1) is 0 Å². The first-order chi connectivity index (χ1) is 9.33. The number of hydrogen-bond acceptors (Lipinski definition) is 3. The number of nitrogens with zero attached hydrogens (tertiary/aromatic N) is 3. The Labute approximate surface area is 119 Å². The van der Waals surface area contributed by atoms with Gasteiger partial charge in [0, 0.05) is 19.0 Å². The minimum absolute atomic E-state index is 0.0884. The summed E-state index contributed by atoms with van der Waals surface area (Å²) in [5, 5.41) is 14.4. The molecule has 1 aromatic rings. The number of aryl methyl sites for hydroxylation is 1. The highest BCUT2D eigenvalue weighted by molar-refractivity contribution is 5.93. The zero-order valence-electron chi connectivity index (χ0n) is 12.6. The van der Waals surface area contributed by atoms with E-state index < -0.39 is 0 Å². The summed E-state index contributed by atoms with van der Waals surface area (Å²) < 4.78 is 2.63. The van der Waals surface area contributed by atoms with E-state index in [4.69, 9.17) is 5.21 Å². The highest BCUT2D eigenvalue weighted by Gasteiger charge is 2.12. The highest BCUT2D eigenvalue weighted by atomic mass is 16.4. The van der Waals surface area contributed by atoms with Crippen molar-refractivity contribution in [3.63, 3.8) is 0 Å². The first-order valence-corrected chi connectivity index (χ1v) is 6.59. The maximum absolute atomic E-state index is 12.0. The summed E-state index contributed by atoms with van der Waals surface area (Å²) in [6.45, 7) is 1.68. The van der Waals surface area contributed by atoms with E-state index in [0.717, 1.165) is 17.4 Å². The van der Waals surface area contributed by atoms with Crippen molar-refractivity contribution in [3.8, 4) is 0 Å². The lowest BCUT2D eigenvalue weighted by Gasteiger charge is -2.23. The molecule has 2 N–H and O–H groups in total. The van der Waals surface area contributed by atoms with Crippen LogP contribution in [0.15, 0.2) is 23.5 Å². The van der Waals surface area contributed by atoms with E-state index in [2.05, 4.69) is 31.6 Å². The van der Waals surface area contributed by atoms with E-state index in [9.17, 15) is 4.79 Å². The summed E-state index contributed by atoms with van der Waals surface area (Å²) in [5.74, 6) is -0.0884. The van der Waals surface area contributed by atoms with Crippen molar-refractivity contribution >= 4 is 12.1 Å². The van der Waals surface area contributed by atoms with Gasteiger partial charge < -0.3 is 15.0 Å². The number of aromatic nitrogens is 1. The zero-order chi connectivity index (χ0) is 15.2. The van der Waals surface area contributed by atoms with Crippen molar-refractivity contribution in [3.05, 3.63) is 29.6 Å². The molecule has 0 aliphatic heterocycles. The van der Waals surface area contributed by atoms with Gasteiger partial charge in [-0.2, -0.15) is 4.57 Å². The molecule has 0 saturated carbocycles. The number of pyridine rings is 1. The number of nitrogens with one attached hydrogen (secondary N) is 1. The molecule has 20 heavy (non-hydrogen) atoms. The monoisotopic (exact) mass is 280 g/mol. The van der Waals surface area contributed by atoms with Crippen LogP contribution < -0.4 is 9.88 Å². The molecule has 0 fully saturated rings. The van der Waals surface area contributed by atoms with E-state index >= 15 is 0 Å². The van der Waals surface area contributed by atoms with Gasteiger partial charge in [-0.1, -0.05) is 5.16 Å². The van der Waals surface area contributed by atoms with E-state index in [1.807, 2.05) is 0 Å². The Kier molecular flexibility index (Phi) is 5.64. The fourth-order valence-corrected chi connectivity index (χ4v) is 1.80. The first-order valence-electron chi connectivity index (χ1n) is 6.59. The highest BCUT2D eigenvalue weighted by Crippen LogP contribution is 1.98. The number of quaternary nitrogens is 1. The molecular formula is C14H24N4O2+2. The van der Waals surface area contributed by atoms with E-state index in [-0.39, 0.29) is 5.91 Å². The van der Waals surface area contributed by atoms with E-state index in [0.29, 0.717) is 17.8 Å². The minimum atomic E-state index is -0.0884. The van der Waals surface area contributed by atoms with Gasteiger partial charge in [0.25, 0.3) is 5.91 Å². The molecule has 6 nitrogen and oxygen atoms in total. The van der Waals surface area contributed by atoms with Gasteiger partial charge in [-0.05, 0) is 6.07 Å². The second-order valence-electron chi connectivity index (χ2n) is 5.82. The van der Waals surface area contributed by atoms with Gasteiger partial charge in [0.1, 0.15) is 18.8 Å². The molecule has 0 unspecified atom stereocenters. The Morgan fingerprint density at radius 3 is 2.70 bits per heavy atom. The Bertz CT molecular complexity index is 492. The van der Waals surface area contributed by atoms with Crippen molar-refractivity contribution in [1.82, 2.24) is 5.32 Å². The van der Waals surface area contributed by atoms with Crippen molar-refractivity contribution < 1.29 is 19.1 Å². The largest absolute Gasteiger partial charge is 0.411 e. The van der Waals surface area contributed by atoms with Crippen LogP contribution in [0.2, 0.25) is 0 Å². The summed E-state index contributed by atoms with van der Waals surface area (Å²) in [6, 6.07) is 3.45. The minimum Gasteiger partial charge on any atom is -0.411 e. The zero-order valence-corrected chi connectivity index (χ0v) is 12.6. The van der Waals surface area contributed by atoms with Crippen LogP contribution in [0.4, 0.5) is 0 Å². The van der Waals surface area contributed by atoms with Gasteiger partial charge in [-0.3, -0.25) is 4.79 Å². The number of rotatable bonds is 6. The number of hydrogen-bond donors (Lipinski definition) is 2. The van der Waals surface area contributed by atoms with Crippen LogP contribution in [0.5, 0.6) is 0 Å². The number of oxime groups is 1. The van der Waals surface area contributed by atoms with Crippen molar-refractivity contribution in [1.29, 1.82) is 0 Å². The third-order valence-corrected chi connectivity index (χ3v) is 2.92. The third kappa shape index (κ3) is 5.36. The number of amides is 1. The standard InChI is InChI=1S/C14H22N4O2/c1-17-11-12(6-7-13(17)10-16-20)14(19)15-8-5-9-18(2,3)4/h6-7,10-11H,5,8-9H2,1-4H3/p+2. The lowest BCUT2D eigenvalue weighted by Crippen LogP contribution is -2.38. The molecular weight excluding hydrogens is 256 g/mol. The Balaban J connectivity index is 2.54. The third-order valence-electron chi connectivity index (χ3n) is 2.92. The Morgan fingerprint density at radius 1 is 1.45 bits per heavy atom. The van der Waals surface area contributed by atoms with Gasteiger partial charge in [0.2, 0.25) is 5.69 Å². The van der Waals surface area contributed by atoms with Crippen molar-refractivity contribution in [2.24, 2.45) is 12.2 Å². The average molecular weight is 280 g/mol. The Morgan fingerprint density at radius 2 is 2.15 bits per heavy atom. The summed E-state index contributed by atoms with van der Waals surface area (Å²) in [4.78, 5) is 12.0. The van der Waals surface area contributed by atoms with Crippen LogP contribution >= 0.6 is 0 Å². The fraction of sp³-hybridized carbons (Fsp3) is 0.500. The normalized spacial score (nSPS) is 11.8. The summed E-state index contributed by atoms with van der Waals surface area (Å²) >= 11 is 0. The SMILES string of the molecule is C[n+]1cc(C(=O)NCCC[N+](C)(C)C)ccc1C=NO. The van der Waals surface area contributed by atoms with Crippen LogP contribution in [0.25, 0.3) is 0 Å². The predicted molar refractivity (Wildman–Crippen MR) is 76.8 cm³/mol. The molecule has 0 saturated heterocycles. The van der Waals surface area contributed by atoms with Gasteiger partial charge in [0.15, 0.2) is 6.20 Å². The number of carbonyl (C=O) groups is 1. The molecule has 0 bridgehead atoms. The van der Waals surface area contributed by atoms with Gasteiger partial charge >= 0.3 is 0 Å². The molecule has 0 aliphatic carbocycles. The van der Waals surface area contributed by atoms with Crippen LogP contribution in [-0.2, 0) is 7.05 Å². The first kappa shape index (κ1) is 16.1. The molecule has 110 valence electrons. The molecule has 0 aliphatic rings. The van der Waals surface area contributed by atoms with Crippen molar-refractivity contribution in [2.75, 3.05) is 34.2 Å². The molecule has 0 atom stereocenters. The van der Waals surface area contributed by atoms with Gasteiger partial charge in [0.05, 0.1) is 27.7 Å². The summed E-state index contributed by atoms with van der Waals surface area (Å²) in [7, 11) is 8.18. The molecule has 1 rings (SSSR count). The maximum atomic E-state index is 12.0. The van der Waals surface area contributed by atoms with Crippen LogP contribution in [-0.4, -0.2) is 56.0 Å². The quantitative estimate of drug-likeness (QED) is 0.194. The molecule has 0 aromatic carbocycles. The average Bonchev–Trinajstić information content (AvgIpc) is 2.36. The maximum Gasteiger partial charge on any atom is 0.257 e. The van der Waals surface area contributed by atoms with Crippen LogP contribution in [0.1, 0.15) is 22.5 Å². The van der Waals surface area contributed by atoms with Crippen LogP contribution in [0.3, 0.4) is 0 Å². The van der Waals surface area contributed by atoms with E-state index in [1.54, 1.807) is 29.9 Å². The smallest absolute Gasteiger partial charge is 0.257 e. The summed E-state index contributed by atoms with van der Waals surface area (Å²) in [5.41, 5.74) is 1.31. The van der Waals surface area contributed by atoms with Gasteiger partial charge in [-0.25, -0.2) is 0 Å². The fourth-order valence-electron chi connectivity index (χ4n) is 1.80. The lowest BCUT2D eigenvalue weighted by molar-refractivity contribution is -0.870.